The van der Waals surface area contributed by atoms with E-state index in [1.165, 1.54) is 6.26 Å². The van der Waals surface area contributed by atoms with Crippen LogP contribution in [0.4, 0.5) is 0 Å². The summed E-state index contributed by atoms with van der Waals surface area (Å²) in [6.45, 7) is 1.19. The van der Waals surface area contributed by atoms with Crippen LogP contribution in [0.1, 0.15) is 21.7 Å². The molecule has 0 atom stereocenters. The van der Waals surface area contributed by atoms with Gasteiger partial charge in [0.2, 0.25) is 0 Å². The van der Waals surface area contributed by atoms with Crippen molar-refractivity contribution in [3.8, 4) is 0 Å². The molecule has 0 aliphatic rings. The Hall–Kier alpha value is -3.34. The number of rotatable bonds is 5. The minimum Gasteiger partial charge on any atom is -0.459 e. The summed E-state index contributed by atoms with van der Waals surface area (Å²) in [5.41, 5.74) is 4.30. The van der Waals surface area contributed by atoms with Crippen LogP contribution in [0.15, 0.2) is 77.7 Å². The van der Waals surface area contributed by atoms with E-state index in [0.29, 0.717) is 12.3 Å². The van der Waals surface area contributed by atoms with E-state index in [4.69, 9.17) is 4.42 Å². The highest BCUT2D eigenvalue weighted by molar-refractivity contribution is 5.91. The monoisotopic (exact) mass is 331 g/mol. The van der Waals surface area contributed by atoms with Crippen LogP contribution in [0.3, 0.4) is 0 Å². The third-order valence-corrected chi connectivity index (χ3v) is 4.07. The van der Waals surface area contributed by atoms with Crippen LogP contribution >= 0.6 is 0 Å². The topological polar surface area (TPSA) is 60.1 Å². The Balaban J connectivity index is 1.47. The molecule has 5 nitrogen and oxygen atoms in total. The van der Waals surface area contributed by atoms with Gasteiger partial charge in [-0.3, -0.25) is 4.79 Å². The Morgan fingerprint density at radius 1 is 1.04 bits per heavy atom. The zero-order chi connectivity index (χ0) is 17.1. The number of imidazole rings is 1. The van der Waals surface area contributed by atoms with E-state index in [0.717, 1.165) is 28.7 Å². The number of fused-ring (bicyclic) bond motifs is 1. The van der Waals surface area contributed by atoms with Crippen molar-refractivity contribution >= 4 is 16.9 Å². The number of carbonyl (C=O) groups excluding carboxylic acids is 1. The van der Waals surface area contributed by atoms with Crippen LogP contribution in [-0.2, 0) is 13.1 Å². The molecule has 4 rings (SSSR count). The summed E-state index contributed by atoms with van der Waals surface area (Å²) >= 11 is 0. The Labute approximate surface area is 144 Å². The molecule has 0 aliphatic carbocycles. The van der Waals surface area contributed by atoms with Crippen LogP contribution in [-0.4, -0.2) is 15.5 Å². The molecule has 0 radical (unpaired) electrons. The van der Waals surface area contributed by atoms with Crippen LogP contribution in [0.25, 0.3) is 11.0 Å². The summed E-state index contributed by atoms with van der Waals surface area (Å²) in [6, 6.07) is 19.6. The van der Waals surface area contributed by atoms with E-state index in [1.807, 2.05) is 36.7 Å². The number of hydrogen-bond acceptors (Lipinski definition) is 3. The summed E-state index contributed by atoms with van der Waals surface area (Å²) < 4.78 is 7.22. The molecular formula is C20H17N3O2. The number of para-hydroxylation sites is 2. The number of benzene rings is 2. The first-order valence-corrected chi connectivity index (χ1v) is 8.09. The first-order valence-electron chi connectivity index (χ1n) is 8.09. The zero-order valence-corrected chi connectivity index (χ0v) is 13.6. The molecule has 0 spiro atoms. The molecular weight excluding hydrogens is 314 g/mol. The third kappa shape index (κ3) is 3.30. The van der Waals surface area contributed by atoms with Gasteiger partial charge in [0.1, 0.15) is 0 Å². The lowest BCUT2D eigenvalue weighted by Gasteiger charge is -2.08. The highest BCUT2D eigenvalue weighted by atomic mass is 16.3. The maximum atomic E-state index is 11.9. The normalized spacial score (nSPS) is 10.9. The van der Waals surface area contributed by atoms with Crippen LogP contribution < -0.4 is 5.32 Å². The second-order valence-electron chi connectivity index (χ2n) is 5.84. The second-order valence-corrected chi connectivity index (χ2v) is 5.84. The van der Waals surface area contributed by atoms with Crippen molar-refractivity contribution in [1.29, 1.82) is 0 Å². The van der Waals surface area contributed by atoms with Crippen molar-refractivity contribution in [1.82, 2.24) is 14.9 Å². The lowest BCUT2D eigenvalue weighted by molar-refractivity contribution is 0.0923. The molecule has 1 N–H and O–H groups in total. The van der Waals surface area contributed by atoms with E-state index in [9.17, 15) is 4.79 Å². The molecule has 124 valence electrons. The molecule has 4 aromatic rings. The van der Waals surface area contributed by atoms with Gasteiger partial charge >= 0.3 is 0 Å². The highest BCUT2D eigenvalue weighted by Gasteiger charge is 2.08. The fourth-order valence-corrected chi connectivity index (χ4v) is 2.85. The summed E-state index contributed by atoms with van der Waals surface area (Å²) in [7, 11) is 0. The fourth-order valence-electron chi connectivity index (χ4n) is 2.85. The number of carbonyl (C=O) groups is 1. The first-order chi connectivity index (χ1) is 12.3. The summed E-state index contributed by atoms with van der Waals surface area (Å²) in [5.74, 6) is 0.108. The lowest BCUT2D eigenvalue weighted by Crippen LogP contribution is -2.22. The third-order valence-electron chi connectivity index (χ3n) is 4.07. The van der Waals surface area contributed by atoms with Crippen LogP contribution in [0, 0.1) is 0 Å². The van der Waals surface area contributed by atoms with Gasteiger partial charge in [-0.1, -0.05) is 36.4 Å². The summed E-state index contributed by atoms with van der Waals surface area (Å²) in [5, 5.41) is 2.87. The number of nitrogens with one attached hydrogen (secondary N) is 1. The SMILES string of the molecule is O=C(NCc1cccc(Cn2cnc3ccccc32)c1)c1ccco1. The van der Waals surface area contributed by atoms with Gasteiger partial charge in [-0.25, -0.2) is 4.98 Å². The fraction of sp³-hybridized carbons (Fsp3) is 0.100. The Bertz CT molecular complexity index is 1000. The van der Waals surface area contributed by atoms with Gasteiger partial charge in [0.15, 0.2) is 5.76 Å². The van der Waals surface area contributed by atoms with E-state index >= 15 is 0 Å². The van der Waals surface area contributed by atoms with Crippen molar-refractivity contribution in [3.05, 3.63) is 90.1 Å². The predicted octanol–water partition coefficient (Wildman–Crippen LogP) is 3.61. The molecule has 0 saturated heterocycles. The number of aromatic nitrogens is 2. The van der Waals surface area contributed by atoms with Crippen molar-refractivity contribution < 1.29 is 9.21 Å². The quantitative estimate of drug-likeness (QED) is 0.608. The second kappa shape index (κ2) is 6.65. The molecule has 25 heavy (non-hydrogen) atoms. The Kier molecular flexibility index (Phi) is 4.04. The largest absolute Gasteiger partial charge is 0.459 e. The summed E-state index contributed by atoms with van der Waals surface area (Å²) in [4.78, 5) is 16.4. The maximum Gasteiger partial charge on any atom is 0.287 e. The van der Waals surface area contributed by atoms with Crippen LogP contribution in [0.2, 0.25) is 0 Å². The molecule has 0 fully saturated rings. The summed E-state index contributed by atoms with van der Waals surface area (Å²) in [6.07, 6.45) is 3.35. The van der Waals surface area contributed by atoms with Crippen molar-refractivity contribution in [3.63, 3.8) is 0 Å². The van der Waals surface area contributed by atoms with E-state index in [-0.39, 0.29) is 5.91 Å². The van der Waals surface area contributed by atoms with E-state index in [2.05, 4.69) is 33.1 Å². The molecule has 2 aromatic heterocycles. The van der Waals surface area contributed by atoms with Crippen LogP contribution in [0.5, 0.6) is 0 Å². The van der Waals surface area contributed by atoms with Crippen molar-refractivity contribution in [2.75, 3.05) is 0 Å². The highest BCUT2D eigenvalue weighted by Crippen LogP contribution is 2.15. The average molecular weight is 331 g/mol. The number of nitrogens with zero attached hydrogens (tertiary/aromatic N) is 2. The molecule has 1 amide bonds. The number of hydrogen-bond donors (Lipinski definition) is 1. The predicted molar refractivity (Wildman–Crippen MR) is 95.2 cm³/mol. The minimum atomic E-state index is -0.212. The van der Waals surface area contributed by atoms with Crippen molar-refractivity contribution in [2.24, 2.45) is 0 Å². The minimum absolute atomic E-state index is 0.212. The van der Waals surface area contributed by atoms with Gasteiger partial charge in [0, 0.05) is 13.1 Å². The van der Waals surface area contributed by atoms with Gasteiger partial charge in [-0.2, -0.15) is 0 Å². The van der Waals surface area contributed by atoms with Gasteiger partial charge in [-0.15, -0.1) is 0 Å². The smallest absolute Gasteiger partial charge is 0.287 e. The molecule has 2 heterocycles. The zero-order valence-electron chi connectivity index (χ0n) is 13.6. The molecule has 5 heteroatoms. The molecule has 0 aliphatic heterocycles. The van der Waals surface area contributed by atoms with E-state index < -0.39 is 0 Å². The first kappa shape index (κ1) is 15.2. The standard InChI is InChI=1S/C20H17N3O2/c24-20(19-9-4-10-25-19)21-12-15-5-3-6-16(11-15)13-23-14-22-17-7-1-2-8-18(17)23/h1-11,14H,12-13H2,(H,21,24). The lowest BCUT2D eigenvalue weighted by atomic mass is 10.1. The Morgan fingerprint density at radius 3 is 2.80 bits per heavy atom. The molecule has 0 bridgehead atoms. The van der Waals surface area contributed by atoms with Gasteiger partial charge < -0.3 is 14.3 Å². The van der Waals surface area contributed by atoms with Crippen molar-refractivity contribution in [2.45, 2.75) is 13.1 Å². The van der Waals surface area contributed by atoms with Gasteiger partial charge in [0.05, 0.1) is 23.6 Å². The molecule has 0 saturated carbocycles. The van der Waals surface area contributed by atoms with Gasteiger partial charge in [0.25, 0.3) is 5.91 Å². The molecule has 2 aromatic carbocycles. The average Bonchev–Trinajstić information content (AvgIpc) is 3.31. The maximum absolute atomic E-state index is 11.9. The Morgan fingerprint density at radius 2 is 1.92 bits per heavy atom. The number of amides is 1. The van der Waals surface area contributed by atoms with E-state index in [1.54, 1.807) is 12.1 Å². The molecule has 0 unspecified atom stereocenters. The van der Waals surface area contributed by atoms with Gasteiger partial charge in [-0.05, 0) is 35.4 Å². The number of furan rings is 1.